The lowest BCUT2D eigenvalue weighted by Crippen LogP contribution is -2.59. The van der Waals surface area contributed by atoms with Crippen molar-refractivity contribution in [3.05, 3.63) is 78.2 Å². The number of hydrogen-bond acceptors (Lipinski definition) is 8. The smallest absolute Gasteiger partial charge is 0.408 e. The number of likely N-dealkylation sites (tertiary alicyclic amines) is 1. The molecule has 258 valence electrons. The summed E-state index contributed by atoms with van der Waals surface area (Å²) < 4.78 is 18.2. The van der Waals surface area contributed by atoms with Crippen LogP contribution in [0.3, 0.4) is 0 Å². The Morgan fingerprint density at radius 3 is 2.33 bits per heavy atom. The first-order valence-electron chi connectivity index (χ1n) is 16.0. The fourth-order valence-corrected chi connectivity index (χ4v) is 5.13. The molecule has 0 aliphatic carbocycles. The minimum Gasteiger partial charge on any atom is -0.497 e. The SMILES string of the molecule is COc1cccc(C(C(=O)N2CCCC2)n2cnc(NC(=O)[C@@H](COCc3ccccc3)NC(=O)C(C)(C)NC(=O)OC(C)(C)C)c2)c1. The second-order valence-electron chi connectivity index (χ2n) is 13.2. The first-order valence-corrected chi connectivity index (χ1v) is 16.0. The zero-order chi connectivity index (χ0) is 34.9. The molecule has 0 bridgehead atoms. The normalized spacial score (nSPS) is 14.5. The second-order valence-corrected chi connectivity index (χ2v) is 13.2. The molecule has 2 atom stereocenters. The maximum atomic E-state index is 13.7. The first kappa shape index (κ1) is 35.9. The van der Waals surface area contributed by atoms with Crippen LogP contribution < -0.4 is 20.7 Å². The molecule has 4 amide bonds. The van der Waals surface area contributed by atoms with Gasteiger partial charge in [0.25, 0.3) is 5.91 Å². The van der Waals surface area contributed by atoms with E-state index in [9.17, 15) is 19.2 Å². The third-order valence-electron chi connectivity index (χ3n) is 7.61. The Morgan fingerprint density at radius 2 is 1.67 bits per heavy atom. The molecule has 13 heteroatoms. The van der Waals surface area contributed by atoms with Crippen LogP contribution in [0.5, 0.6) is 5.75 Å². The van der Waals surface area contributed by atoms with E-state index in [4.69, 9.17) is 14.2 Å². The molecule has 0 spiro atoms. The van der Waals surface area contributed by atoms with Gasteiger partial charge in [-0.3, -0.25) is 14.4 Å². The number of benzene rings is 2. The van der Waals surface area contributed by atoms with Gasteiger partial charge in [0.1, 0.15) is 29.0 Å². The fraction of sp³-hybridized carbons (Fsp3) is 0.457. The highest BCUT2D eigenvalue weighted by molar-refractivity contribution is 5.98. The van der Waals surface area contributed by atoms with Gasteiger partial charge in [0.15, 0.2) is 5.82 Å². The molecular formula is C35H46N6O7. The summed E-state index contributed by atoms with van der Waals surface area (Å²) in [6.07, 6.45) is 4.16. The molecule has 0 radical (unpaired) electrons. The van der Waals surface area contributed by atoms with Crippen LogP contribution in [0.25, 0.3) is 0 Å². The topological polar surface area (TPSA) is 153 Å². The molecule has 2 heterocycles. The van der Waals surface area contributed by atoms with Crippen LogP contribution >= 0.6 is 0 Å². The van der Waals surface area contributed by atoms with Crippen LogP contribution in [0.4, 0.5) is 10.6 Å². The van der Waals surface area contributed by atoms with Gasteiger partial charge in [-0.15, -0.1) is 0 Å². The summed E-state index contributed by atoms with van der Waals surface area (Å²) in [6, 6.07) is 14.8. The van der Waals surface area contributed by atoms with Crippen LogP contribution in [0.1, 0.15) is 64.6 Å². The summed E-state index contributed by atoms with van der Waals surface area (Å²) in [5.41, 5.74) is -0.596. The van der Waals surface area contributed by atoms with Crippen LogP contribution in [0.15, 0.2) is 67.1 Å². The van der Waals surface area contributed by atoms with Crippen LogP contribution in [-0.4, -0.2) is 82.3 Å². The molecule has 1 aliphatic heterocycles. The number of anilines is 1. The molecular weight excluding hydrogens is 616 g/mol. The maximum absolute atomic E-state index is 13.7. The number of alkyl carbamates (subject to hydrolysis) is 1. The molecule has 13 nitrogen and oxygen atoms in total. The van der Waals surface area contributed by atoms with Crippen LogP contribution in [0.2, 0.25) is 0 Å². The molecule has 3 aromatic rings. The van der Waals surface area contributed by atoms with Gasteiger partial charge in [-0.25, -0.2) is 9.78 Å². The molecule has 1 unspecified atom stereocenters. The van der Waals surface area contributed by atoms with Crippen molar-refractivity contribution in [2.24, 2.45) is 0 Å². The van der Waals surface area contributed by atoms with Gasteiger partial charge in [-0.1, -0.05) is 42.5 Å². The number of methoxy groups -OCH3 is 1. The molecule has 0 saturated carbocycles. The Bertz CT molecular complexity index is 1560. The summed E-state index contributed by atoms with van der Waals surface area (Å²) in [7, 11) is 1.56. The van der Waals surface area contributed by atoms with Gasteiger partial charge in [0.05, 0.1) is 26.7 Å². The highest BCUT2D eigenvalue weighted by Crippen LogP contribution is 2.27. The standard InChI is InChI=1S/C35H46N6O7/c1-34(2,3)48-33(45)39-35(4,5)32(44)37-27(22-47-21-24-13-8-7-9-14-24)30(42)38-28-20-41(23-36-28)29(31(43)40-17-10-11-18-40)25-15-12-16-26(19-25)46-6/h7-9,12-16,19-20,23,27,29H,10-11,17-18,21-22H2,1-6H3,(H,37,44)(H,38,42)(H,39,45)/t27-,29?/m1/s1. The summed E-state index contributed by atoms with van der Waals surface area (Å²) in [4.78, 5) is 59.4. The number of imidazole rings is 1. The van der Waals surface area contributed by atoms with Crippen molar-refractivity contribution in [1.29, 1.82) is 0 Å². The van der Waals surface area contributed by atoms with Gasteiger partial charge in [0.2, 0.25) is 11.8 Å². The van der Waals surface area contributed by atoms with Crippen molar-refractivity contribution in [1.82, 2.24) is 25.1 Å². The number of nitrogens with one attached hydrogen (secondary N) is 3. The molecule has 1 aliphatic rings. The lowest BCUT2D eigenvalue weighted by Gasteiger charge is -2.29. The summed E-state index contributed by atoms with van der Waals surface area (Å²) in [5.74, 6) is -0.528. The Morgan fingerprint density at radius 1 is 0.958 bits per heavy atom. The molecule has 2 aromatic carbocycles. The summed E-state index contributed by atoms with van der Waals surface area (Å²) in [5, 5.41) is 8.00. The zero-order valence-corrected chi connectivity index (χ0v) is 28.4. The summed E-state index contributed by atoms with van der Waals surface area (Å²) in [6.45, 7) is 9.52. The Kier molecular flexibility index (Phi) is 11.8. The van der Waals surface area contributed by atoms with Gasteiger partial charge < -0.3 is 39.6 Å². The maximum Gasteiger partial charge on any atom is 0.408 e. The molecule has 48 heavy (non-hydrogen) atoms. The van der Waals surface area contributed by atoms with Crippen molar-refractivity contribution < 1.29 is 33.4 Å². The van der Waals surface area contributed by atoms with Crippen molar-refractivity contribution in [2.75, 3.05) is 32.1 Å². The Balaban J connectivity index is 1.52. The molecule has 1 aromatic heterocycles. The monoisotopic (exact) mass is 662 g/mol. The predicted molar refractivity (Wildman–Crippen MR) is 179 cm³/mol. The number of rotatable bonds is 13. The predicted octanol–water partition coefficient (Wildman–Crippen LogP) is 4.05. The fourth-order valence-electron chi connectivity index (χ4n) is 5.13. The van der Waals surface area contributed by atoms with Crippen molar-refractivity contribution in [3.63, 3.8) is 0 Å². The highest BCUT2D eigenvalue weighted by Gasteiger charge is 2.35. The van der Waals surface area contributed by atoms with E-state index in [1.54, 1.807) is 50.8 Å². The van der Waals surface area contributed by atoms with Crippen molar-refractivity contribution in [3.8, 4) is 5.75 Å². The Hall–Kier alpha value is -4.91. The lowest BCUT2D eigenvalue weighted by atomic mass is 10.0. The summed E-state index contributed by atoms with van der Waals surface area (Å²) >= 11 is 0. The number of hydrogen-bond donors (Lipinski definition) is 3. The van der Waals surface area contributed by atoms with Gasteiger partial charge in [0, 0.05) is 19.3 Å². The third kappa shape index (κ3) is 10.0. The quantitative estimate of drug-likeness (QED) is 0.248. The van der Waals surface area contributed by atoms with Crippen LogP contribution in [-0.2, 0) is 30.5 Å². The zero-order valence-electron chi connectivity index (χ0n) is 28.4. The number of carbonyl (C=O) groups is 4. The van der Waals surface area contributed by atoms with E-state index in [0.717, 1.165) is 18.4 Å². The van der Waals surface area contributed by atoms with E-state index in [1.807, 2.05) is 47.4 Å². The van der Waals surface area contributed by atoms with E-state index in [0.29, 0.717) is 24.4 Å². The van der Waals surface area contributed by atoms with E-state index in [2.05, 4.69) is 20.9 Å². The Labute approximate surface area is 281 Å². The minimum atomic E-state index is -1.43. The van der Waals surface area contributed by atoms with E-state index in [-0.39, 0.29) is 24.9 Å². The van der Waals surface area contributed by atoms with E-state index < -0.39 is 41.1 Å². The van der Waals surface area contributed by atoms with Gasteiger partial charge >= 0.3 is 6.09 Å². The minimum absolute atomic E-state index is 0.0878. The second kappa shape index (κ2) is 15.8. The molecule has 1 saturated heterocycles. The number of nitrogens with zero attached hydrogens (tertiary/aromatic N) is 3. The van der Waals surface area contributed by atoms with E-state index in [1.165, 1.54) is 20.2 Å². The van der Waals surface area contributed by atoms with Crippen molar-refractivity contribution in [2.45, 2.75) is 77.3 Å². The van der Waals surface area contributed by atoms with E-state index >= 15 is 0 Å². The average Bonchev–Trinajstić information content (AvgIpc) is 3.73. The molecule has 1 fully saturated rings. The highest BCUT2D eigenvalue weighted by atomic mass is 16.6. The number of ether oxygens (including phenoxy) is 3. The first-order chi connectivity index (χ1) is 22.8. The lowest BCUT2D eigenvalue weighted by molar-refractivity contribution is -0.132. The van der Waals surface area contributed by atoms with Crippen LogP contribution in [0, 0.1) is 0 Å². The molecule has 4 rings (SSSR count). The number of aromatic nitrogens is 2. The number of carbonyl (C=O) groups excluding carboxylic acids is 4. The third-order valence-corrected chi connectivity index (χ3v) is 7.61. The average molecular weight is 663 g/mol. The van der Waals surface area contributed by atoms with Gasteiger partial charge in [-0.2, -0.15) is 0 Å². The van der Waals surface area contributed by atoms with Crippen molar-refractivity contribution >= 4 is 29.6 Å². The number of amides is 4. The molecule has 3 N–H and O–H groups in total. The van der Waals surface area contributed by atoms with Gasteiger partial charge in [-0.05, 0) is 70.7 Å². The largest absolute Gasteiger partial charge is 0.497 e.